The molecule has 0 unspecified atom stereocenters. The van der Waals surface area contributed by atoms with Crippen molar-refractivity contribution >= 4 is 17.5 Å². The molecule has 1 amide bonds. The Morgan fingerprint density at radius 2 is 2.08 bits per heavy atom. The Bertz CT molecular complexity index is 882. The summed E-state index contributed by atoms with van der Waals surface area (Å²) in [6.45, 7) is 0.0265. The molecule has 3 atom stereocenters. The van der Waals surface area contributed by atoms with Gasteiger partial charge < -0.3 is 15.0 Å². The minimum Gasteiger partial charge on any atom is -0.396 e. The summed E-state index contributed by atoms with van der Waals surface area (Å²) in [6.07, 6.45) is 4.62. The van der Waals surface area contributed by atoms with Crippen molar-refractivity contribution in [2.75, 3.05) is 6.61 Å². The van der Waals surface area contributed by atoms with Gasteiger partial charge in [0.2, 0.25) is 0 Å². The molecule has 5 nitrogen and oxygen atoms in total. The van der Waals surface area contributed by atoms with Gasteiger partial charge >= 0.3 is 0 Å². The van der Waals surface area contributed by atoms with E-state index < -0.39 is 5.56 Å². The average molecular weight is 373 g/mol. The number of hydrogen-bond acceptors (Lipinski definition) is 3. The van der Waals surface area contributed by atoms with Crippen molar-refractivity contribution in [1.29, 1.82) is 0 Å². The first-order chi connectivity index (χ1) is 12.5. The summed E-state index contributed by atoms with van der Waals surface area (Å²) in [5, 5.41) is 10.6. The van der Waals surface area contributed by atoms with Crippen LogP contribution in [0.15, 0.2) is 47.4 Å². The van der Waals surface area contributed by atoms with Gasteiger partial charge in [-0.15, -0.1) is 0 Å². The van der Waals surface area contributed by atoms with Crippen molar-refractivity contribution in [1.82, 2.24) is 9.88 Å². The summed E-state index contributed by atoms with van der Waals surface area (Å²) in [5.74, 6) is -0.287. The second-order valence-corrected chi connectivity index (χ2v) is 7.84. The maximum Gasteiger partial charge on any atom is 0.260 e. The first-order valence-corrected chi connectivity index (χ1v) is 9.27. The molecule has 136 valence electrons. The molecule has 4 rings (SSSR count). The number of pyridine rings is 1. The highest BCUT2D eigenvalue weighted by atomic mass is 35.5. The second-order valence-electron chi connectivity index (χ2n) is 7.41. The molecule has 2 bridgehead atoms. The third-order valence-corrected chi connectivity index (χ3v) is 6.12. The largest absolute Gasteiger partial charge is 0.396 e. The predicted octanol–water partition coefficient (Wildman–Crippen LogP) is 2.63. The quantitative estimate of drug-likeness (QED) is 0.866. The number of hydrogen-bond donors (Lipinski definition) is 2. The molecule has 2 fully saturated rings. The minimum absolute atomic E-state index is 0.0265. The fourth-order valence-corrected chi connectivity index (χ4v) is 4.93. The van der Waals surface area contributed by atoms with Gasteiger partial charge in [-0.1, -0.05) is 41.9 Å². The molecule has 3 heterocycles. The Kier molecular flexibility index (Phi) is 4.37. The molecule has 0 aliphatic carbocycles. The summed E-state index contributed by atoms with van der Waals surface area (Å²) < 4.78 is 0. The molecule has 2 aromatic rings. The van der Waals surface area contributed by atoms with E-state index in [9.17, 15) is 14.7 Å². The van der Waals surface area contributed by atoms with E-state index in [1.807, 2.05) is 23.1 Å². The monoisotopic (exact) mass is 372 g/mol. The molecule has 2 aliphatic rings. The van der Waals surface area contributed by atoms with Gasteiger partial charge in [0.25, 0.3) is 11.5 Å². The Balaban J connectivity index is 1.66. The summed E-state index contributed by atoms with van der Waals surface area (Å²) in [5.41, 5.74) is 0.443. The van der Waals surface area contributed by atoms with E-state index in [4.69, 9.17) is 11.6 Å². The number of amides is 1. The van der Waals surface area contributed by atoms with Gasteiger partial charge in [-0.2, -0.15) is 0 Å². The zero-order chi connectivity index (χ0) is 18.3. The van der Waals surface area contributed by atoms with Gasteiger partial charge in [0.05, 0.1) is 11.6 Å². The lowest BCUT2D eigenvalue weighted by Gasteiger charge is -2.36. The topological polar surface area (TPSA) is 73.4 Å². The summed E-state index contributed by atoms with van der Waals surface area (Å²) in [7, 11) is 0. The highest BCUT2D eigenvalue weighted by Crippen LogP contribution is 2.51. The van der Waals surface area contributed by atoms with Crippen LogP contribution in [0, 0.1) is 5.41 Å². The fraction of sp³-hybridized carbons (Fsp3) is 0.400. The summed E-state index contributed by atoms with van der Waals surface area (Å²) >= 11 is 5.97. The molecule has 0 spiro atoms. The number of fused-ring (bicyclic) bond motifs is 2. The van der Waals surface area contributed by atoms with E-state index >= 15 is 0 Å². The molecular weight excluding hydrogens is 352 g/mol. The van der Waals surface area contributed by atoms with Crippen molar-refractivity contribution in [3.8, 4) is 0 Å². The Labute approximate surface area is 156 Å². The van der Waals surface area contributed by atoms with Crippen LogP contribution >= 0.6 is 11.6 Å². The number of H-pyrrole nitrogens is 1. The van der Waals surface area contributed by atoms with Crippen LogP contribution < -0.4 is 5.56 Å². The molecule has 1 aromatic heterocycles. The van der Waals surface area contributed by atoms with Crippen LogP contribution in [0.2, 0.25) is 5.02 Å². The zero-order valence-corrected chi connectivity index (χ0v) is 15.1. The van der Waals surface area contributed by atoms with E-state index in [0.29, 0.717) is 5.02 Å². The van der Waals surface area contributed by atoms with Gasteiger partial charge in [0.1, 0.15) is 5.56 Å². The molecule has 2 saturated heterocycles. The molecule has 1 aromatic carbocycles. The van der Waals surface area contributed by atoms with Crippen molar-refractivity contribution in [2.45, 2.75) is 37.8 Å². The lowest BCUT2D eigenvalue weighted by atomic mass is 9.70. The van der Waals surface area contributed by atoms with Crippen molar-refractivity contribution < 1.29 is 9.90 Å². The number of halogens is 1. The van der Waals surface area contributed by atoms with E-state index in [-0.39, 0.29) is 35.6 Å². The number of carbonyl (C=O) groups is 1. The number of nitrogens with zero attached hydrogens (tertiary/aromatic N) is 1. The molecule has 2 N–H and O–H groups in total. The fourth-order valence-electron chi connectivity index (χ4n) is 4.77. The van der Waals surface area contributed by atoms with Crippen LogP contribution in [0.5, 0.6) is 0 Å². The number of aliphatic hydroxyl groups excluding tert-OH is 1. The molecule has 0 saturated carbocycles. The number of aromatic nitrogens is 1. The third-order valence-electron chi connectivity index (χ3n) is 5.90. The van der Waals surface area contributed by atoms with Gasteiger partial charge in [-0.3, -0.25) is 9.59 Å². The lowest BCUT2D eigenvalue weighted by Crippen LogP contribution is -2.44. The van der Waals surface area contributed by atoms with Gasteiger partial charge in [-0.25, -0.2) is 0 Å². The van der Waals surface area contributed by atoms with Crippen molar-refractivity contribution in [2.24, 2.45) is 5.41 Å². The lowest BCUT2D eigenvalue weighted by molar-refractivity contribution is 0.0570. The van der Waals surface area contributed by atoms with E-state index in [0.717, 1.165) is 31.2 Å². The third kappa shape index (κ3) is 2.75. The van der Waals surface area contributed by atoms with Gasteiger partial charge in [0.15, 0.2) is 0 Å². The number of aromatic amines is 1. The average Bonchev–Trinajstić information content (AvgIpc) is 3.20. The SMILES string of the molecule is O=C(c1cc(Cl)c[nH]c1=O)N1[C@@H]2CC[C@H]1[C@](CO)(Cc1ccccc1)C2. The molecule has 2 aliphatic heterocycles. The standard InChI is InChI=1S/C20H21ClN2O3/c21-14-8-16(18(25)22-11-14)19(26)23-15-6-7-17(23)20(10-15,12-24)9-13-4-2-1-3-5-13/h1-5,8,11,15,17,24H,6-7,9-10,12H2,(H,22,25)/t15-,17+,20-/m1/s1. The van der Waals surface area contributed by atoms with E-state index in [2.05, 4.69) is 17.1 Å². The normalized spacial score (nSPS) is 27.1. The number of aliphatic hydroxyl groups is 1. The van der Waals surface area contributed by atoms with E-state index in [1.54, 1.807) is 0 Å². The van der Waals surface area contributed by atoms with Gasteiger partial charge in [0, 0.05) is 23.7 Å². The highest BCUT2D eigenvalue weighted by molar-refractivity contribution is 6.30. The minimum atomic E-state index is -0.427. The molecule has 26 heavy (non-hydrogen) atoms. The maximum atomic E-state index is 13.1. The molecule has 0 radical (unpaired) electrons. The number of carbonyl (C=O) groups excluding carboxylic acids is 1. The Morgan fingerprint density at radius 1 is 1.31 bits per heavy atom. The first kappa shape index (κ1) is 17.3. The smallest absolute Gasteiger partial charge is 0.260 e. The number of benzene rings is 1. The van der Waals surface area contributed by atoms with Crippen LogP contribution in [0.3, 0.4) is 0 Å². The van der Waals surface area contributed by atoms with Gasteiger partial charge in [-0.05, 0) is 37.3 Å². The Morgan fingerprint density at radius 3 is 2.81 bits per heavy atom. The Hall–Kier alpha value is -2.11. The molecular formula is C20H21ClN2O3. The van der Waals surface area contributed by atoms with Crippen LogP contribution in [0.25, 0.3) is 0 Å². The summed E-state index contributed by atoms with van der Waals surface area (Å²) in [6, 6.07) is 11.5. The number of nitrogens with one attached hydrogen (secondary N) is 1. The van der Waals surface area contributed by atoms with Crippen LogP contribution in [0.1, 0.15) is 35.2 Å². The van der Waals surface area contributed by atoms with Crippen molar-refractivity contribution in [3.05, 3.63) is 69.1 Å². The van der Waals surface area contributed by atoms with Crippen molar-refractivity contribution in [3.63, 3.8) is 0 Å². The maximum absolute atomic E-state index is 13.1. The van der Waals surface area contributed by atoms with Crippen LogP contribution in [-0.4, -0.2) is 39.6 Å². The van der Waals surface area contributed by atoms with Crippen LogP contribution in [0.4, 0.5) is 0 Å². The highest BCUT2D eigenvalue weighted by Gasteiger charge is 2.57. The summed E-state index contributed by atoms with van der Waals surface area (Å²) in [4.78, 5) is 29.5. The van der Waals surface area contributed by atoms with Crippen LogP contribution in [-0.2, 0) is 6.42 Å². The predicted molar refractivity (Wildman–Crippen MR) is 99.3 cm³/mol. The van der Waals surface area contributed by atoms with E-state index in [1.165, 1.54) is 12.3 Å². The second kappa shape index (κ2) is 6.56. The zero-order valence-electron chi connectivity index (χ0n) is 14.3. The first-order valence-electron chi connectivity index (χ1n) is 8.90. The molecule has 6 heteroatoms. The number of rotatable bonds is 4.